The van der Waals surface area contributed by atoms with Gasteiger partial charge in [0, 0.05) is 16.7 Å². The van der Waals surface area contributed by atoms with Gasteiger partial charge in [-0.25, -0.2) is 9.78 Å². The number of benzene rings is 3. The first-order valence-electron chi connectivity index (χ1n) is 14.4. The maximum atomic E-state index is 14.1. The number of β-lactam (4-membered cyclic amide) rings is 1. The number of fused-ring (bicyclic) bond motifs is 1. The Hall–Kier alpha value is -4.90. The van der Waals surface area contributed by atoms with Crippen LogP contribution in [-0.4, -0.2) is 70.3 Å². The molecule has 2 aliphatic rings. The molecule has 2 amide bonds. The number of nitrogens with zero attached hydrogens (tertiary/aromatic N) is 3. The highest BCUT2D eigenvalue weighted by Crippen LogP contribution is 2.42. The number of amides is 2. The minimum atomic E-state index is -4.08. The van der Waals surface area contributed by atoms with Crippen LogP contribution in [0.3, 0.4) is 0 Å². The van der Waals surface area contributed by atoms with E-state index >= 15 is 0 Å². The van der Waals surface area contributed by atoms with Crippen LogP contribution >= 0.6 is 34.7 Å². The fourth-order valence-corrected chi connectivity index (χ4v) is 8.25. The Balaban J connectivity index is 1.40. The normalized spacial score (nSPS) is 18.0. The van der Waals surface area contributed by atoms with Crippen LogP contribution in [0.2, 0.25) is 4.34 Å². The first-order chi connectivity index (χ1) is 23.4. The van der Waals surface area contributed by atoms with Crippen molar-refractivity contribution in [3.8, 4) is 0 Å². The summed E-state index contributed by atoms with van der Waals surface area (Å²) in [5, 5.41) is 16.0. The van der Waals surface area contributed by atoms with Crippen molar-refractivity contribution in [1.82, 2.24) is 15.2 Å². The van der Waals surface area contributed by atoms with Crippen molar-refractivity contribution in [2.75, 3.05) is 17.7 Å². The van der Waals surface area contributed by atoms with E-state index in [1.54, 1.807) is 0 Å². The molecule has 4 aromatic rings. The van der Waals surface area contributed by atoms with Crippen LogP contribution in [0.5, 0.6) is 0 Å². The summed E-state index contributed by atoms with van der Waals surface area (Å²) in [6.07, 6.45) is 0.762. The third-order valence-corrected chi connectivity index (χ3v) is 10.4. The number of halogens is 1. The second-order valence-electron chi connectivity index (χ2n) is 10.7. The molecule has 0 saturated carbocycles. The Morgan fingerprint density at radius 2 is 1.55 bits per heavy atom. The number of carbonyl (C=O) groups is 3. The van der Waals surface area contributed by atoms with E-state index in [2.05, 4.69) is 15.5 Å². The third kappa shape index (κ3) is 6.59. The van der Waals surface area contributed by atoms with Crippen LogP contribution in [0.15, 0.2) is 108 Å². The number of carboxylic acid groups (broad SMARTS) is 1. The molecule has 0 bridgehead atoms. The van der Waals surface area contributed by atoms with Crippen LogP contribution in [0.1, 0.15) is 22.4 Å². The molecule has 3 heterocycles. The summed E-state index contributed by atoms with van der Waals surface area (Å²) in [5.74, 6) is -3.89. The monoisotopic (exact) mass is 739 g/mol. The van der Waals surface area contributed by atoms with Crippen molar-refractivity contribution >= 4 is 73.4 Å². The van der Waals surface area contributed by atoms with Gasteiger partial charge in [-0.1, -0.05) is 119 Å². The van der Waals surface area contributed by atoms with E-state index in [0.717, 1.165) is 34.3 Å². The molecule has 1 fully saturated rings. The minimum absolute atomic E-state index is 0.0343. The lowest BCUT2D eigenvalue weighted by Crippen LogP contribution is -2.71. The fourth-order valence-electron chi connectivity index (χ4n) is 5.49. The second kappa shape index (κ2) is 13.5. The number of hydrogen-bond acceptors (Lipinski definition) is 12. The molecule has 3 aromatic carbocycles. The average molecular weight is 740 g/mol. The number of thiazole rings is 1. The number of nitrogen functional groups attached to an aromatic ring is 1. The Kier molecular flexibility index (Phi) is 9.39. The third-order valence-electron chi connectivity index (χ3n) is 7.53. The number of aromatic nitrogens is 1. The number of nitrogens with two attached hydrogens (primary N) is 1. The van der Waals surface area contributed by atoms with Gasteiger partial charge >= 0.3 is 16.1 Å². The van der Waals surface area contributed by atoms with Crippen molar-refractivity contribution in [3.63, 3.8) is 0 Å². The van der Waals surface area contributed by atoms with E-state index < -0.39 is 62.1 Å². The Labute approximate surface area is 293 Å². The molecule has 0 aliphatic carbocycles. The average Bonchev–Trinajstić information content (AvgIpc) is 3.42. The first kappa shape index (κ1) is 34.0. The van der Waals surface area contributed by atoms with Crippen molar-refractivity contribution in [1.29, 1.82) is 0 Å². The van der Waals surface area contributed by atoms with E-state index in [1.165, 1.54) is 0 Å². The predicted octanol–water partition coefficient (Wildman–Crippen LogP) is 3.76. The van der Waals surface area contributed by atoms with Crippen LogP contribution in [0, 0.1) is 0 Å². The number of nitrogens with one attached hydrogen (secondary N) is 1. The quantitative estimate of drug-likeness (QED) is 0.0668. The van der Waals surface area contributed by atoms with E-state index in [4.69, 9.17) is 26.4 Å². The summed E-state index contributed by atoms with van der Waals surface area (Å²) in [7, 11) is -4.08. The molecule has 4 N–H and O–H groups in total. The van der Waals surface area contributed by atoms with Crippen LogP contribution in [0.25, 0.3) is 0 Å². The van der Waals surface area contributed by atoms with Gasteiger partial charge < -0.3 is 25.2 Å². The molecule has 2 atom stereocenters. The standard InChI is InChI=1S/C32H26ClN5O8S3/c1-49(43,44)45-21-17-47-29-24(28(40)38(29)25(21)30(41)42)35-27(39)23(22-26(33)48-31(34)36-22)37-46-32(18-11-5-2-6-12-18,19-13-7-3-8-14-19)20-15-9-4-10-16-20/h2-16,24,29H,17H2,1H3,(H2,34,36)(H,35,39)(H,41,42)/t24-,29+/m1/s1. The van der Waals surface area contributed by atoms with Crippen molar-refractivity contribution in [3.05, 3.63) is 129 Å². The smallest absolute Gasteiger partial charge is 0.356 e. The van der Waals surface area contributed by atoms with Gasteiger partial charge in [0.25, 0.3) is 11.8 Å². The van der Waals surface area contributed by atoms with Crippen molar-refractivity contribution in [2.24, 2.45) is 5.16 Å². The van der Waals surface area contributed by atoms with Gasteiger partial charge in [0.1, 0.15) is 21.4 Å². The van der Waals surface area contributed by atoms with Crippen molar-refractivity contribution in [2.45, 2.75) is 17.0 Å². The van der Waals surface area contributed by atoms with Crippen LogP contribution in [-0.2, 0) is 39.1 Å². The van der Waals surface area contributed by atoms with E-state index in [9.17, 15) is 27.9 Å². The summed E-state index contributed by atoms with van der Waals surface area (Å²) in [5.41, 5.74) is 5.48. The molecular weight excluding hydrogens is 714 g/mol. The zero-order chi connectivity index (χ0) is 34.9. The number of rotatable bonds is 11. The van der Waals surface area contributed by atoms with Gasteiger partial charge in [-0.05, 0) is 0 Å². The zero-order valence-corrected chi connectivity index (χ0v) is 28.6. The molecule has 0 unspecified atom stereocenters. The Morgan fingerprint density at radius 1 is 1.02 bits per heavy atom. The molecule has 1 saturated heterocycles. The number of carbonyl (C=O) groups excluding carboxylic acids is 2. The summed E-state index contributed by atoms with van der Waals surface area (Å²) >= 11 is 8.39. The minimum Gasteiger partial charge on any atom is -0.476 e. The molecule has 2 aliphatic heterocycles. The summed E-state index contributed by atoms with van der Waals surface area (Å²) < 4.78 is 28.4. The summed E-state index contributed by atoms with van der Waals surface area (Å²) in [6.45, 7) is 0. The maximum absolute atomic E-state index is 14.1. The van der Waals surface area contributed by atoms with E-state index in [1.807, 2.05) is 91.0 Å². The molecule has 1 aromatic heterocycles. The molecular formula is C32H26ClN5O8S3. The SMILES string of the molecule is CS(=O)(=O)OC1=C(C(=O)O)N2C(=O)[C@@H](NC(=O)C(=NOC(c3ccccc3)(c3ccccc3)c3ccccc3)c3nc(N)sc3Cl)[C@@H]2SC1. The molecule has 252 valence electrons. The number of carboxylic acids is 1. The predicted molar refractivity (Wildman–Crippen MR) is 184 cm³/mol. The zero-order valence-electron chi connectivity index (χ0n) is 25.3. The number of hydrogen-bond donors (Lipinski definition) is 3. The number of anilines is 1. The summed E-state index contributed by atoms with van der Waals surface area (Å²) in [4.78, 5) is 51.0. The maximum Gasteiger partial charge on any atom is 0.356 e. The van der Waals surface area contributed by atoms with Gasteiger partial charge in [0.15, 0.2) is 22.3 Å². The summed E-state index contributed by atoms with van der Waals surface area (Å²) in [6, 6.07) is 26.6. The van der Waals surface area contributed by atoms with Crippen LogP contribution < -0.4 is 11.1 Å². The van der Waals surface area contributed by atoms with Gasteiger partial charge in [-0.3, -0.25) is 14.5 Å². The number of aliphatic carboxylic acids is 1. The Bertz CT molecular complexity index is 2000. The molecule has 17 heteroatoms. The van der Waals surface area contributed by atoms with Gasteiger partial charge in [0.05, 0.1) is 12.0 Å². The van der Waals surface area contributed by atoms with Gasteiger partial charge in [-0.15, -0.1) is 11.8 Å². The van der Waals surface area contributed by atoms with Gasteiger partial charge in [0.2, 0.25) is 5.60 Å². The molecule has 0 radical (unpaired) electrons. The number of oxime groups is 1. The van der Waals surface area contributed by atoms with Crippen LogP contribution in [0.4, 0.5) is 5.13 Å². The highest BCUT2D eigenvalue weighted by molar-refractivity contribution is 8.00. The molecule has 6 rings (SSSR count). The topological polar surface area (TPSA) is 191 Å². The van der Waals surface area contributed by atoms with Crippen molar-refractivity contribution < 1.29 is 36.9 Å². The van der Waals surface area contributed by atoms with E-state index in [0.29, 0.717) is 16.7 Å². The highest BCUT2D eigenvalue weighted by atomic mass is 35.5. The molecule has 49 heavy (non-hydrogen) atoms. The van der Waals surface area contributed by atoms with Gasteiger partial charge in [-0.2, -0.15) is 8.42 Å². The highest BCUT2D eigenvalue weighted by Gasteiger charge is 2.55. The lowest BCUT2D eigenvalue weighted by molar-refractivity contribution is -0.150. The van der Waals surface area contributed by atoms with E-state index in [-0.39, 0.29) is 20.9 Å². The largest absolute Gasteiger partial charge is 0.476 e. The molecule has 13 nitrogen and oxygen atoms in total. The molecule has 0 spiro atoms. The lowest BCUT2D eigenvalue weighted by Gasteiger charge is -2.48. The Morgan fingerprint density at radius 3 is 2.00 bits per heavy atom. The lowest BCUT2D eigenvalue weighted by atomic mass is 9.80. The fraction of sp³-hybridized carbons (Fsp3) is 0.156. The number of thioether (sulfide) groups is 1. The first-order valence-corrected chi connectivity index (χ1v) is 18.4. The second-order valence-corrected chi connectivity index (χ2v) is 15.0.